The predicted octanol–water partition coefficient (Wildman–Crippen LogP) is 5.43. The number of halogens is 5. The van der Waals surface area contributed by atoms with Crippen LogP contribution in [-0.2, 0) is 6.54 Å². The van der Waals surface area contributed by atoms with Gasteiger partial charge in [-0.15, -0.1) is 0 Å². The maximum absolute atomic E-state index is 14.8. The Kier molecular flexibility index (Phi) is 5.69. The van der Waals surface area contributed by atoms with Crippen LogP contribution in [-0.4, -0.2) is 46.5 Å². The predicted molar refractivity (Wildman–Crippen MR) is 109 cm³/mol. The molecule has 1 N–H and O–H groups in total. The van der Waals surface area contributed by atoms with Crippen LogP contribution in [0.1, 0.15) is 27.2 Å². The standard InChI is InChI=1S/C19H24F4IN3/c1-18(2,3)26-8-7-15(13(20)10-26)25-14-5-4-6-16-12(14)9-17(24)27(16)11-19(21,22)23/h4-6,9,13,15,25H,7-8,10-11H2,1-3H3. The van der Waals surface area contributed by atoms with E-state index in [-0.39, 0.29) is 11.6 Å². The van der Waals surface area contributed by atoms with Crippen LogP contribution in [0.15, 0.2) is 24.3 Å². The molecule has 1 saturated heterocycles. The molecule has 0 bridgehead atoms. The molecule has 27 heavy (non-hydrogen) atoms. The van der Waals surface area contributed by atoms with Crippen molar-refractivity contribution in [2.45, 2.75) is 57.7 Å². The number of alkyl halides is 4. The molecule has 2 aromatic rings. The van der Waals surface area contributed by atoms with Gasteiger partial charge in [-0.25, -0.2) is 4.39 Å². The summed E-state index contributed by atoms with van der Waals surface area (Å²) >= 11 is 1.91. The monoisotopic (exact) mass is 497 g/mol. The third-order valence-corrected chi connectivity index (χ3v) is 5.96. The lowest BCUT2D eigenvalue weighted by Crippen LogP contribution is -2.54. The normalized spacial score (nSPS) is 22.4. The van der Waals surface area contributed by atoms with Crippen molar-refractivity contribution in [3.8, 4) is 0 Å². The zero-order valence-corrected chi connectivity index (χ0v) is 17.7. The lowest BCUT2D eigenvalue weighted by atomic mass is 9.96. The molecule has 3 rings (SSSR count). The molecule has 3 nitrogen and oxygen atoms in total. The van der Waals surface area contributed by atoms with Gasteiger partial charge in [-0.05, 0) is 68.0 Å². The molecular weight excluding hydrogens is 473 g/mol. The van der Waals surface area contributed by atoms with E-state index >= 15 is 0 Å². The van der Waals surface area contributed by atoms with Crippen LogP contribution in [0.5, 0.6) is 0 Å². The van der Waals surface area contributed by atoms with Crippen molar-refractivity contribution in [3.05, 3.63) is 28.0 Å². The molecule has 1 aliphatic rings. The van der Waals surface area contributed by atoms with Crippen LogP contribution in [0.3, 0.4) is 0 Å². The minimum absolute atomic E-state index is 0.0831. The van der Waals surface area contributed by atoms with Gasteiger partial charge in [0.2, 0.25) is 0 Å². The van der Waals surface area contributed by atoms with E-state index < -0.39 is 18.9 Å². The van der Waals surface area contributed by atoms with E-state index in [0.29, 0.717) is 33.3 Å². The summed E-state index contributed by atoms with van der Waals surface area (Å²) in [6.45, 7) is 6.31. The first-order chi connectivity index (χ1) is 12.5. The maximum atomic E-state index is 14.8. The molecule has 8 heteroatoms. The highest BCUT2D eigenvalue weighted by atomic mass is 127. The first kappa shape index (κ1) is 20.7. The molecule has 0 radical (unpaired) electrons. The van der Waals surface area contributed by atoms with Gasteiger partial charge in [-0.1, -0.05) is 6.07 Å². The summed E-state index contributed by atoms with van der Waals surface area (Å²) in [5, 5.41) is 3.94. The summed E-state index contributed by atoms with van der Waals surface area (Å²) in [5.41, 5.74) is 1.10. The number of hydrogen-bond acceptors (Lipinski definition) is 2. The van der Waals surface area contributed by atoms with Gasteiger partial charge in [0, 0.05) is 29.7 Å². The van der Waals surface area contributed by atoms with Crippen molar-refractivity contribution < 1.29 is 17.6 Å². The molecule has 0 aliphatic carbocycles. The molecule has 150 valence electrons. The van der Waals surface area contributed by atoms with Gasteiger partial charge in [0.1, 0.15) is 12.7 Å². The highest BCUT2D eigenvalue weighted by molar-refractivity contribution is 14.1. The molecule has 1 aromatic heterocycles. The summed E-state index contributed by atoms with van der Waals surface area (Å²) in [7, 11) is 0. The third kappa shape index (κ3) is 4.70. The molecule has 1 fully saturated rings. The van der Waals surface area contributed by atoms with Gasteiger partial charge in [0.25, 0.3) is 0 Å². The van der Waals surface area contributed by atoms with Crippen LogP contribution in [0.4, 0.5) is 23.2 Å². The molecule has 2 heterocycles. The van der Waals surface area contributed by atoms with E-state index in [1.165, 1.54) is 4.57 Å². The number of piperidine rings is 1. The second-order valence-electron chi connectivity index (χ2n) is 8.08. The van der Waals surface area contributed by atoms with E-state index in [2.05, 4.69) is 31.0 Å². The first-order valence-corrected chi connectivity index (χ1v) is 10.0. The van der Waals surface area contributed by atoms with Gasteiger partial charge in [0.15, 0.2) is 0 Å². The number of hydrogen-bond donors (Lipinski definition) is 1. The van der Waals surface area contributed by atoms with Crippen LogP contribution >= 0.6 is 22.6 Å². The molecule has 0 saturated carbocycles. The number of benzene rings is 1. The van der Waals surface area contributed by atoms with Crippen LogP contribution < -0.4 is 5.32 Å². The Balaban J connectivity index is 1.83. The second-order valence-corrected chi connectivity index (χ2v) is 9.18. The molecule has 0 amide bonds. The Bertz CT molecular complexity index is 810. The SMILES string of the molecule is CC(C)(C)N1CCC(Nc2cccc3c2cc(I)n3CC(F)(F)F)C(F)C1. The average molecular weight is 497 g/mol. The summed E-state index contributed by atoms with van der Waals surface area (Å²) in [5.74, 6) is 0. The number of fused-ring (bicyclic) bond motifs is 1. The van der Waals surface area contributed by atoms with E-state index in [1.807, 2.05) is 22.6 Å². The Morgan fingerprint density at radius 3 is 2.52 bits per heavy atom. The topological polar surface area (TPSA) is 20.2 Å². The van der Waals surface area contributed by atoms with E-state index in [9.17, 15) is 17.6 Å². The minimum Gasteiger partial charge on any atom is -0.379 e. The fourth-order valence-corrected chi connectivity index (χ4v) is 4.34. The van der Waals surface area contributed by atoms with Crippen molar-refractivity contribution in [2.24, 2.45) is 0 Å². The highest BCUT2D eigenvalue weighted by Crippen LogP contribution is 2.32. The van der Waals surface area contributed by atoms with Crippen molar-refractivity contribution in [2.75, 3.05) is 18.4 Å². The molecule has 1 aliphatic heterocycles. The number of nitrogens with one attached hydrogen (secondary N) is 1. The Labute approximate surface area is 170 Å². The summed E-state index contributed by atoms with van der Waals surface area (Å²) in [4.78, 5) is 2.12. The number of anilines is 1. The highest BCUT2D eigenvalue weighted by Gasteiger charge is 2.34. The Morgan fingerprint density at radius 2 is 1.93 bits per heavy atom. The zero-order valence-electron chi connectivity index (χ0n) is 15.6. The molecule has 0 spiro atoms. The van der Waals surface area contributed by atoms with Crippen LogP contribution in [0.2, 0.25) is 0 Å². The van der Waals surface area contributed by atoms with Crippen molar-refractivity contribution in [1.82, 2.24) is 9.47 Å². The largest absolute Gasteiger partial charge is 0.406 e. The number of nitrogens with zero attached hydrogens (tertiary/aromatic N) is 2. The number of likely N-dealkylation sites (tertiary alicyclic amines) is 1. The lowest BCUT2D eigenvalue weighted by Gasteiger charge is -2.42. The van der Waals surface area contributed by atoms with Gasteiger partial charge >= 0.3 is 6.18 Å². The molecule has 2 atom stereocenters. The third-order valence-electron chi connectivity index (χ3n) is 5.06. The maximum Gasteiger partial charge on any atom is 0.406 e. The molecular formula is C19H24F4IN3. The minimum atomic E-state index is -4.29. The average Bonchev–Trinajstić information content (AvgIpc) is 2.84. The smallest absolute Gasteiger partial charge is 0.379 e. The Morgan fingerprint density at radius 1 is 1.22 bits per heavy atom. The van der Waals surface area contributed by atoms with E-state index in [1.54, 1.807) is 24.3 Å². The summed E-state index contributed by atoms with van der Waals surface area (Å²) in [6, 6.07) is 6.56. The van der Waals surface area contributed by atoms with Crippen molar-refractivity contribution in [1.29, 1.82) is 0 Å². The lowest BCUT2D eigenvalue weighted by molar-refractivity contribution is -0.140. The quantitative estimate of drug-likeness (QED) is 0.451. The van der Waals surface area contributed by atoms with E-state index in [4.69, 9.17) is 0 Å². The zero-order chi connectivity index (χ0) is 20.0. The van der Waals surface area contributed by atoms with Gasteiger partial charge in [-0.3, -0.25) is 4.90 Å². The summed E-state index contributed by atoms with van der Waals surface area (Å²) < 4.78 is 55.2. The van der Waals surface area contributed by atoms with Crippen LogP contribution in [0.25, 0.3) is 10.9 Å². The fraction of sp³-hybridized carbons (Fsp3) is 0.579. The van der Waals surface area contributed by atoms with Gasteiger partial charge in [-0.2, -0.15) is 13.2 Å². The van der Waals surface area contributed by atoms with E-state index in [0.717, 1.165) is 6.54 Å². The van der Waals surface area contributed by atoms with Gasteiger partial charge < -0.3 is 9.88 Å². The van der Waals surface area contributed by atoms with Crippen molar-refractivity contribution >= 4 is 39.2 Å². The number of aromatic nitrogens is 1. The van der Waals surface area contributed by atoms with Gasteiger partial charge in [0.05, 0.1) is 15.3 Å². The molecule has 2 unspecified atom stereocenters. The Hall–Kier alpha value is -1.03. The van der Waals surface area contributed by atoms with Crippen molar-refractivity contribution in [3.63, 3.8) is 0 Å². The molecule has 1 aromatic carbocycles. The fourth-order valence-electron chi connectivity index (χ4n) is 3.59. The summed E-state index contributed by atoms with van der Waals surface area (Å²) in [6.07, 6.45) is -4.68. The van der Waals surface area contributed by atoms with Crippen LogP contribution in [0, 0.1) is 3.70 Å². The number of rotatable bonds is 3. The second kappa shape index (κ2) is 7.42. The first-order valence-electron chi connectivity index (χ1n) is 8.96.